The molecule has 2 fully saturated rings. The number of aromatic nitrogens is 1. The van der Waals surface area contributed by atoms with E-state index in [-0.39, 0.29) is 0 Å². The minimum Gasteiger partial charge on any atom is -0.298 e. The maximum atomic E-state index is 4.22. The minimum atomic E-state index is 0.692. The molecule has 1 aromatic heterocycles. The zero-order chi connectivity index (χ0) is 14.1. The van der Waals surface area contributed by atoms with E-state index >= 15 is 0 Å². The van der Waals surface area contributed by atoms with Crippen LogP contribution in [0, 0.1) is 12.8 Å². The van der Waals surface area contributed by atoms with Crippen LogP contribution in [-0.2, 0) is 6.54 Å². The van der Waals surface area contributed by atoms with Gasteiger partial charge in [-0.2, -0.15) is 0 Å². The molecule has 1 aromatic rings. The molecule has 3 heteroatoms. The number of aryl methyl sites for hydroxylation is 1. The molecule has 0 radical (unpaired) electrons. The number of nitrogens with zero attached hydrogens (tertiary/aromatic N) is 3. The molecule has 2 unspecified atom stereocenters. The van der Waals surface area contributed by atoms with Crippen molar-refractivity contribution in [3.63, 3.8) is 0 Å². The van der Waals surface area contributed by atoms with Gasteiger partial charge >= 0.3 is 0 Å². The molecule has 3 nitrogen and oxygen atoms in total. The quantitative estimate of drug-likeness (QED) is 0.844. The summed E-state index contributed by atoms with van der Waals surface area (Å²) in [4.78, 5) is 9.66. The Hall–Kier alpha value is -0.930. The minimum absolute atomic E-state index is 0.692. The monoisotopic (exact) mass is 273 g/mol. The van der Waals surface area contributed by atoms with Crippen LogP contribution in [0.15, 0.2) is 18.5 Å². The van der Waals surface area contributed by atoms with E-state index in [4.69, 9.17) is 0 Å². The Morgan fingerprint density at radius 3 is 2.95 bits per heavy atom. The summed E-state index contributed by atoms with van der Waals surface area (Å²) in [7, 11) is 0. The molecule has 2 aliphatic rings. The van der Waals surface area contributed by atoms with E-state index in [0.717, 1.165) is 18.5 Å². The van der Waals surface area contributed by atoms with Gasteiger partial charge in [0.1, 0.15) is 0 Å². The standard InChI is InChI=1S/C17H27N3/c1-13(2)17-12-19-8-4-5-16(19)11-20(17)10-15-6-7-18-9-14(15)3/h6-7,9,13,16-17H,4-5,8,10-12H2,1-3H3. The number of fused-ring (bicyclic) bond motifs is 1. The molecule has 2 saturated heterocycles. The lowest BCUT2D eigenvalue weighted by Gasteiger charge is -2.45. The fourth-order valence-corrected chi connectivity index (χ4v) is 3.82. The largest absolute Gasteiger partial charge is 0.298 e. The Balaban J connectivity index is 1.77. The highest BCUT2D eigenvalue weighted by molar-refractivity contribution is 5.21. The maximum absolute atomic E-state index is 4.22. The van der Waals surface area contributed by atoms with Gasteiger partial charge in [-0.15, -0.1) is 0 Å². The van der Waals surface area contributed by atoms with Crippen LogP contribution in [0.4, 0.5) is 0 Å². The summed E-state index contributed by atoms with van der Waals surface area (Å²) in [5.74, 6) is 0.721. The number of hydrogen-bond donors (Lipinski definition) is 0. The molecule has 2 atom stereocenters. The third-order valence-corrected chi connectivity index (χ3v) is 5.11. The summed E-state index contributed by atoms with van der Waals surface area (Å²) in [5.41, 5.74) is 2.76. The highest BCUT2D eigenvalue weighted by atomic mass is 15.3. The van der Waals surface area contributed by atoms with Crippen molar-refractivity contribution in [2.75, 3.05) is 19.6 Å². The van der Waals surface area contributed by atoms with E-state index in [2.05, 4.69) is 41.6 Å². The van der Waals surface area contributed by atoms with E-state index in [1.165, 1.54) is 43.6 Å². The molecule has 3 heterocycles. The SMILES string of the molecule is Cc1cnccc1CN1CC2CCCN2CC1C(C)C. The second-order valence-electron chi connectivity index (χ2n) is 6.83. The van der Waals surface area contributed by atoms with Gasteiger partial charge in [-0.25, -0.2) is 0 Å². The Kier molecular flexibility index (Phi) is 4.08. The lowest BCUT2D eigenvalue weighted by atomic mass is 9.96. The molecule has 0 bridgehead atoms. The number of pyridine rings is 1. The molecule has 0 saturated carbocycles. The zero-order valence-corrected chi connectivity index (χ0v) is 13.0. The van der Waals surface area contributed by atoms with Crippen LogP contribution < -0.4 is 0 Å². The molecule has 3 rings (SSSR count). The molecule has 0 aromatic carbocycles. The van der Waals surface area contributed by atoms with Crippen molar-refractivity contribution in [3.05, 3.63) is 29.6 Å². The Morgan fingerprint density at radius 2 is 2.20 bits per heavy atom. The summed E-state index contributed by atoms with van der Waals surface area (Å²) < 4.78 is 0. The topological polar surface area (TPSA) is 19.4 Å². The van der Waals surface area contributed by atoms with Gasteiger partial charge in [0.25, 0.3) is 0 Å². The van der Waals surface area contributed by atoms with Crippen LogP contribution >= 0.6 is 0 Å². The number of piperazine rings is 1. The van der Waals surface area contributed by atoms with Gasteiger partial charge in [-0.1, -0.05) is 13.8 Å². The highest BCUT2D eigenvalue weighted by Crippen LogP contribution is 2.29. The first kappa shape index (κ1) is 14.0. The van der Waals surface area contributed by atoms with Gasteiger partial charge in [0, 0.05) is 44.1 Å². The van der Waals surface area contributed by atoms with Crippen LogP contribution in [0.1, 0.15) is 37.8 Å². The fraction of sp³-hybridized carbons (Fsp3) is 0.706. The van der Waals surface area contributed by atoms with Gasteiger partial charge < -0.3 is 0 Å². The summed E-state index contributed by atoms with van der Waals surface area (Å²) in [5, 5.41) is 0. The van der Waals surface area contributed by atoms with Crippen molar-refractivity contribution in [1.29, 1.82) is 0 Å². The third kappa shape index (κ3) is 2.75. The third-order valence-electron chi connectivity index (χ3n) is 5.11. The van der Waals surface area contributed by atoms with Crippen molar-refractivity contribution in [3.8, 4) is 0 Å². The van der Waals surface area contributed by atoms with Crippen LogP contribution in [0.3, 0.4) is 0 Å². The molecule has 0 spiro atoms. The summed E-state index contributed by atoms with van der Waals surface area (Å²) in [6.07, 6.45) is 6.69. The molecular formula is C17H27N3. The lowest BCUT2D eigenvalue weighted by molar-refractivity contribution is 0.0238. The predicted molar refractivity (Wildman–Crippen MR) is 82.6 cm³/mol. The van der Waals surface area contributed by atoms with E-state index < -0.39 is 0 Å². The molecule has 0 amide bonds. The molecule has 0 N–H and O–H groups in total. The van der Waals surface area contributed by atoms with E-state index in [9.17, 15) is 0 Å². The summed E-state index contributed by atoms with van der Waals surface area (Å²) >= 11 is 0. The Bertz CT molecular complexity index is 457. The molecule has 2 aliphatic heterocycles. The second kappa shape index (κ2) is 5.82. The molecule has 0 aliphatic carbocycles. The van der Waals surface area contributed by atoms with Gasteiger partial charge in [-0.05, 0) is 49.4 Å². The normalized spacial score (nSPS) is 28.0. The van der Waals surface area contributed by atoms with Crippen LogP contribution in [0.25, 0.3) is 0 Å². The average Bonchev–Trinajstić information content (AvgIpc) is 2.87. The lowest BCUT2D eigenvalue weighted by Crippen LogP contribution is -2.57. The van der Waals surface area contributed by atoms with E-state index in [1.54, 1.807) is 0 Å². The summed E-state index contributed by atoms with van der Waals surface area (Å²) in [6, 6.07) is 3.68. The average molecular weight is 273 g/mol. The number of hydrogen-bond acceptors (Lipinski definition) is 3. The van der Waals surface area contributed by atoms with Gasteiger partial charge in [0.15, 0.2) is 0 Å². The predicted octanol–water partition coefficient (Wildman–Crippen LogP) is 2.69. The van der Waals surface area contributed by atoms with Gasteiger partial charge in [-0.3, -0.25) is 14.8 Å². The van der Waals surface area contributed by atoms with Gasteiger partial charge in [0.05, 0.1) is 0 Å². The van der Waals surface area contributed by atoms with Crippen molar-refractivity contribution in [2.45, 2.75) is 52.2 Å². The first-order valence-electron chi connectivity index (χ1n) is 8.02. The van der Waals surface area contributed by atoms with Crippen molar-refractivity contribution in [1.82, 2.24) is 14.8 Å². The maximum Gasteiger partial charge on any atom is 0.0300 e. The second-order valence-corrected chi connectivity index (χ2v) is 6.83. The number of rotatable bonds is 3. The van der Waals surface area contributed by atoms with Crippen LogP contribution in [0.5, 0.6) is 0 Å². The first-order chi connectivity index (χ1) is 9.65. The Morgan fingerprint density at radius 1 is 1.35 bits per heavy atom. The van der Waals surface area contributed by atoms with Crippen LogP contribution in [0.2, 0.25) is 0 Å². The zero-order valence-electron chi connectivity index (χ0n) is 13.0. The molecule has 20 heavy (non-hydrogen) atoms. The van der Waals surface area contributed by atoms with Crippen molar-refractivity contribution in [2.24, 2.45) is 5.92 Å². The van der Waals surface area contributed by atoms with E-state index in [0.29, 0.717) is 6.04 Å². The van der Waals surface area contributed by atoms with E-state index in [1.807, 2.05) is 12.4 Å². The van der Waals surface area contributed by atoms with Crippen LogP contribution in [-0.4, -0.2) is 46.5 Å². The Labute approximate surface area is 123 Å². The highest BCUT2D eigenvalue weighted by Gasteiger charge is 2.37. The molecular weight excluding hydrogens is 246 g/mol. The summed E-state index contributed by atoms with van der Waals surface area (Å²) in [6.45, 7) is 11.8. The van der Waals surface area contributed by atoms with Gasteiger partial charge in [0.2, 0.25) is 0 Å². The van der Waals surface area contributed by atoms with Crippen molar-refractivity contribution >= 4 is 0 Å². The smallest absolute Gasteiger partial charge is 0.0300 e. The van der Waals surface area contributed by atoms with Crippen molar-refractivity contribution < 1.29 is 0 Å². The molecule has 110 valence electrons. The fourth-order valence-electron chi connectivity index (χ4n) is 3.82. The first-order valence-corrected chi connectivity index (χ1v) is 8.02.